The monoisotopic (exact) mass is 427 g/mol. The van der Waals surface area contributed by atoms with E-state index in [9.17, 15) is 14.4 Å². The lowest BCUT2D eigenvalue weighted by Crippen LogP contribution is -2.42. The molecular weight excluding hydrogens is 402 g/mol. The Hall–Kier alpha value is -3.93. The van der Waals surface area contributed by atoms with E-state index in [4.69, 9.17) is 0 Å². The average Bonchev–Trinajstić information content (AvgIpc) is 2.81. The summed E-state index contributed by atoms with van der Waals surface area (Å²) in [6, 6.07) is 24.6. The number of carbonyl (C=O) groups is 3. The van der Waals surface area contributed by atoms with Crippen LogP contribution >= 0.6 is 0 Å². The van der Waals surface area contributed by atoms with Crippen LogP contribution < -0.4 is 15.5 Å². The number of aryl methyl sites for hydroxylation is 1. The van der Waals surface area contributed by atoms with Gasteiger partial charge in [0, 0.05) is 12.8 Å². The van der Waals surface area contributed by atoms with Gasteiger partial charge in [0.05, 0.1) is 17.4 Å². The van der Waals surface area contributed by atoms with Crippen LogP contribution in [0.25, 0.3) is 0 Å². The molecule has 1 heterocycles. The van der Waals surface area contributed by atoms with Crippen molar-refractivity contribution in [1.82, 2.24) is 5.32 Å². The number of hydrogen-bond donors (Lipinski definition) is 2. The normalized spacial score (nSPS) is 13.7. The number of nitrogens with one attached hydrogen (secondary N) is 2. The molecule has 162 valence electrons. The van der Waals surface area contributed by atoms with Gasteiger partial charge < -0.3 is 15.5 Å². The molecule has 6 nitrogen and oxygen atoms in total. The minimum absolute atomic E-state index is 0.0167. The van der Waals surface area contributed by atoms with Crippen LogP contribution in [0, 0.1) is 6.92 Å². The van der Waals surface area contributed by atoms with Crippen molar-refractivity contribution in [3.63, 3.8) is 0 Å². The quantitative estimate of drug-likeness (QED) is 0.625. The van der Waals surface area contributed by atoms with E-state index in [0.717, 1.165) is 16.7 Å². The highest BCUT2D eigenvalue weighted by molar-refractivity contribution is 6.10. The topological polar surface area (TPSA) is 78.5 Å². The number of para-hydroxylation sites is 2. The Morgan fingerprint density at radius 2 is 1.56 bits per heavy atom. The Bertz CT molecular complexity index is 1130. The molecule has 3 aromatic rings. The lowest BCUT2D eigenvalue weighted by Gasteiger charge is -2.29. The number of benzene rings is 3. The van der Waals surface area contributed by atoms with Crippen molar-refractivity contribution < 1.29 is 14.4 Å². The summed E-state index contributed by atoms with van der Waals surface area (Å²) in [5.74, 6) is -0.721. The van der Waals surface area contributed by atoms with Gasteiger partial charge in [-0.25, -0.2) is 0 Å². The fourth-order valence-corrected chi connectivity index (χ4v) is 3.81. The van der Waals surface area contributed by atoms with Crippen LogP contribution in [0.1, 0.15) is 35.6 Å². The van der Waals surface area contributed by atoms with Gasteiger partial charge in [0.15, 0.2) is 0 Å². The molecule has 1 aliphatic rings. The zero-order valence-corrected chi connectivity index (χ0v) is 17.9. The molecular formula is C26H25N3O3. The highest BCUT2D eigenvalue weighted by Gasteiger charge is 2.27. The molecule has 0 saturated heterocycles. The van der Waals surface area contributed by atoms with Gasteiger partial charge in [-0.05, 0) is 30.2 Å². The van der Waals surface area contributed by atoms with Gasteiger partial charge in [-0.3, -0.25) is 14.4 Å². The SMILES string of the molecule is Cc1ccc(C(NC(=O)CCC(=O)N2CC(=O)Nc3ccccc32)c2ccccc2)cc1. The van der Waals surface area contributed by atoms with E-state index in [2.05, 4.69) is 10.6 Å². The number of carbonyl (C=O) groups excluding carboxylic acids is 3. The third-order valence-corrected chi connectivity index (χ3v) is 5.49. The second-order valence-electron chi connectivity index (χ2n) is 7.87. The lowest BCUT2D eigenvalue weighted by molar-refractivity contribution is -0.126. The summed E-state index contributed by atoms with van der Waals surface area (Å²) in [5, 5.41) is 5.83. The number of anilines is 2. The molecule has 0 saturated carbocycles. The van der Waals surface area contributed by atoms with Crippen LogP contribution in [0.15, 0.2) is 78.9 Å². The molecule has 0 radical (unpaired) electrons. The van der Waals surface area contributed by atoms with E-state index in [-0.39, 0.29) is 43.1 Å². The van der Waals surface area contributed by atoms with E-state index < -0.39 is 0 Å². The minimum Gasteiger partial charge on any atom is -0.345 e. The Morgan fingerprint density at radius 1 is 0.906 bits per heavy atom. The molecule has 0 aliphatic carbocycles. The van der Waals surface area contributed by atoms with Gasteiger partial charge in [0.2, 0.25) is 17.7 Å². The van der Waals surface area contributed by atoms with E-state index in [0.29, 0.717) is 11.4 Å². The predicted molar refractivity (Wildman–Crippen MR) is 124 cm³/mol. The first-order chi connectivity index (χ1) is 15.5. The number of fused-ring (bicyclic) bond motifs is 1. The second kappa shape index (κ2) is 9.47. The third-order valence-electron chi connectivity index (χ3n) is 5.49. The van der Waals surface area contributed by atoms with Gasteiger partial charge in [0.1, 0.15) is 6.54 Å². The van der Waals surface area contributed by atoms with Crippen LogP contribution in [-0.2, 0) is 14.4 Å². The predicted octanol–water partition coefficient (Wildman–Crippen LogP) is 3.97. The van der Waals surface area contributed by atoms with Gasteiger partial charge in [-0.15, -0.1) is 0 Å². The summed E-state index contributed by atoms with van der Waals surface area (Å²) in [4.78, 5) is 39.1. The molecule has 4 rings (SSSR count). The number of rotatable bonds is 6. The number of amides is 3. The largest absolute Gasteiger partial charge is 0.345 e. The standard InChI is InChI=1S/C26H25N3O3/c1-18-11-13-20(14-12-18)26(19-7-3-2-4-8-19)28-23(30)15-16-25(32)29-17-24(31)27-21-9-5-6-10-22(21)29/h2-14,26H,15-17H2,1H3,(H,27,31)(H,28,30). The van der Waals surface area contributed by atoms with Crippen molar-refractivity contribution in [2.75, 3.05) is 16.8 Å². The highest BCUT2D eigenvalue weighted by atomic mass is 16.2. The van der Waals surface area contributed by atoms with Crippen LogP contribution in [-0.4, -0.2) is 24.3 Å². The molecule has 0 aromatic heterocycles. The molecule has 0 fully saturated rings. The van der Waals surface area contributed by atoms with Gasteiger partial charge in [-0.2, -0.15) is 0 Å². The van der Waals surface area contributed by atoms with Crippen molar-refractivity contribution in [2.24, 2.45) is 0 Å². The first-order valence-electron chi connectivity index (χ1n) is 10.6. The minimum atomic E-state index is -0.305. The van der Waals surface area contributed by atoms with E-state index in [1.165, 1.54) is 4.90 Å². The van der Waals surface area contributed by atoms with Gasteiger partial charge in [-0.1, -0.05) is 72.3 Å². The Labute approximate surface area is 187 Å². The summed E-state index contributed by atoms with van der Waals surface area (Å²) in [5.41, 5.74) is 4.34. The van der Waals surface area contributed by atoms with Gasteiger partial charge in [0.25, 0.3) is 0 Å². The van der Waals surface area contributed by atoms with Crippen molar-refractivity contribution in [1.29, 1.82) is 0 Å². The Kier molecular flexibility index (Phi) is 6.31. The second-order valence-corrected chi connectivity index (χ2v) is 7.87. The lowest BCUT2D eigenvalue weighted by atomic mass is 9.97. The molecule has 6 heteroatoms. The molecule has 2 N–H and O–H groups in total. The smallest absolute Gasteiger partial charge is 0.244 e. The zero-order valence-electron chi connectivity index (χ0n) is 17.9. The maximum atomic E-state index is 12.8. The summed E-state index contributed by atoms with van der Waals surface area (Å²) in [6.07, 6.45) is 0.0527. The number of nitrogens with zero attached hydrogens (tertiary/aromatic N) is 1. The van der Waals surface area contributed by atoms with Crippen molar-refractivity contribution in [3.05, 3.63) is 95.6 Å². The van der Waals surface area contributed by atoms with Crippen LogP contribution in [0.5, 0.6) is 0 Å². The molecule has 1 atom stereocenters. The fourth-order valence-electron chi connectivity index (χ4n) is 3.81. The molecule has 3 amide bonds. The summed E-state index contributed by atoms with van der Waals surface area (Å²) < 4.78 is 0. The van der Waals surface area contributed by atoms with Crippen LogP contribution in [0.4, 0.5) is 11.4 Å². The third kappa shape index (κ3) is 4.86. The van der Waals surface area contributed by atoms with Crippen LogP contribution in [0.3, 0.4) is 0 Å². The highest BCUT2D eigenvalue weighted by Crippen LogP contribution is 2.29. The number of hydrogen-bond acceptors (Lipinski definition) is 3. The molecule has 0 spiro atoms. The zero-order chi connectivity index (χ0) is 22.5. The summed E-state index contributed by atoms with van der Waals surface area (Å²) in [7, 11) is 0. The Morgan fingerprint density at radius 3 is 2.31 bits per heavy atom. The Balaban J connectivity index is 1.44. The van der Waals surface area contributed by atoms with E-state index in [1.54, 1.807) is 18.2 Å². The first-order valence-corrected chi connectivity index (χ1v) is 10.6. The molecule has 0 bridgehead atoms. The van der Waals surface area contributed by atoms with E-state index >= 15 is 0 Å². The molecule has 1 unspecified atom stereocenters. The molecule has 32 heavy (non-hydrogen) atoms. The van der Waals surface area contributed by atoms with E-state index in [1.807, 2.05) is 67.6 Å². The van der Waals surface area contributed by atoms with Crippen molar-refractivity contribution in [2.45, 2.75) is 25.8 Å². The average molecular weight is 428 g/mol. The van der Waals surface area contributed by atoms with Crippen LogP contribution in [0.2, 0.25) is 0 Å². The summed E-state index contributed by atoms with van der Waals surface area (Å²) in [6.45, 7) is 1.97. The van der Waals surface area contributed by atoms with Gasteiger partial charge >= 0.3 is 0 Å². The maximum Gasteiger partial charge on any atom is 0.244 e. The maximum absolute atomic E-state index is 12.8. The van der Waals surface area contributed by atoms with Crippen molar-refractivity contribution >= 4 is 29.1 Å². The molecule has 1 aliphatic heterocycles. The fraction of sp³-hybridized carbons (Fsp3) is 0.192. The first kappa shape index (κ1) is 21.3. The van der Waals surface area contributed by atoms with Crippen molar-refractivity contribution in [3.8, 4) is 0 Å². The molecule has 3 aromatic carbocycles. The summed E-state index contributed by atoms with van der Waals surface area (Å²) >= 11 is 0.